The van der Waals surface area contributed by atoms with Crippen molar-refractivity contribution in [3.8, 4) is 0 Å². The summed E-state index contributed by atoms with van der Waals surface area (Å²) < 4.78 is 10.1. The van der Waals surface area contributed by atoms with Crippen LogP contribution in [0.25, 0.3) is 0 Å². The van der Waals surface area contributed by atoms with Crippen LogP contribution < -0.4 is 5.32 Å². The minimum Gasteiger partial charge on any atom is -0.444 e. The molecule has 0 aromatic carbocycles. The van der Waals surface area contributed by atoms with Crippen LogP contribution in [0.2, 0.25) is 0 Å². The average molecular weight is 229 g/mol. The van der Waals surface area contributed by atoms with Gasteiger partial charge < -0.3 is 19.6 Å². The Morgan fingerprint density at radius 2 is 2.06 bits per heavy atom. The third-order valence-corrected chi connectivity index (χ3v) is 2.42. The summed E-state index contributed by atoms with van der Waals surface area (Å²) in [7, 11) is 0. The molecular formula is C11H19NO4. The van der Waals surface area contributed by atoms with Gasteiger partial charge in [-0.1, -0.05) is 6.92 Å². The van der Waals surface area contributed by atoms with E-state index in [1.807, 2.05) is 6.92 Å². The second-order valence-corrected chi connectivity index (χ2v) is 5.41. The number of hydrogen-bond donors (Lipinski definition) is 1. The van der Waals surface area contributed by atoms with Crippen molar-refractivity contribution in [3.05, 3.63) is 0 Å². The van der Waals surface area contributed by atoms with Gasteiger partial charge in [0.05, 0.1) is 19.3 Å². The van der Waals surface area contributed by atoms with Gasteiger partial charge in [-0.15, -0.1) is 0 Å². The molecule has 0 radical (unpaired) electrons. The van der Waals surface area contributed by atoms with Crippen LogP contribution in [0.4, 0.5) is 4.79 Å². The molecule has 5 nitrogen and oxygen atoms in total. The van der Waals surface area contributed by atoms with Gasteiger partial charge in [0, 0.05) is 5.41 Å². The number of carbonyl (C=O) groups is 2. The normalized spacial score (nSPS) is 20.5. The fraction of sp³-hybridized carbons (Fsp3) is 0.818. The molecule has 1 atom stereocenters. The minimum absolute atomic E-state index is 0.307. The number of hydrogen-bond acceptors (Lipinski definition) is 4. The maximum Gasteiger partial charge on any atom is 0.408 e. The molecule has 16 heavy (non-hydrogen) atoms. The maximum absolute atomic E-state index is 11.5. The van der Waals surface area contributed by atoms with Crippen molar-refractivity contribution in [3.63, 3.8) is 0 Å². The van der Waals surface area contributed by atoms with E-state index in [0.29, 0.717) is 13.2 Å². The van der Waals surface area contributed by atoms with Gasteiger partial charge in [-0.2, -0.15) is 0 Å². The molecule has 0 aromatic heterocycles. The van der Waals surface area contributed by atoms with Crippen molar-refractivity contribution < 1.29 is 19.1 Å². The molecule has 1 aliphatic heterocycles. The van der Waals surface area contributed by atoms with E-state index in [-0.39, 0.29) is 5.41 Å². The van der Waals surface area contributed by atoms with Gasteiger partial charge in [0.15, 0.2) is 0 Å². The Morgan fingerprint density at radius 1 is 1.50 bits per heavy atom. The Morgan fingerprint density at radius 3 is 2.38 bits per heavy atom. The van der Waals surface area contributed by atoms with Crippen LogP contribution in [0.3, 0.4) is 0 Å². The molecule has 0 aromatic rings. The summed E-state index contributed by atoms with van der Waals surface area (Å²) in [4.78, 5) is 22.4. The van der Waals surface area contributed by atoms with Gasteiger partial charge in [0.1, 0.15) is 11.9 Å². The monoisotopic (exact) mass is 229 g/mol. The van der Waals surface area contributed by atoms with Crippen molar-refractivity contribution in [2.24, 2.45) is 5.41 Å². The van der Waals surface area contributed by atoms with Gasteiger partial charge in [-0.3, -0.25) is 0 Å². The second kappa shape index (κ2) is 4.41. The third-order valence-electron chi connectivity index (χ3n) is 2.42. The topological polar surface area (TPSA) is 64.6 Å². The summed E-state index contributed by atoms with van der Waals surface area (Å²) in [6, 6.07) is -0.559. The average Bonchev–Trinajstić information content (AvgIpc) is 2.07. The summed E-state index contributed by atoms with van der Waals surface area (Å²) >= 11 is 0. The standard InChI is InChI=1S/C11H19NO4/c1-10(2,3)16-9(14)12-8(5-13)11(4)6-15-7-11/h5,8H,6-7H2,1-4H3,(H,12,14). The number of alkyl carbamates (subject to hydrolysis) is 1. The van der Waals surface area contributed by atoms with E-state index in [2.05, 4.69) is 5.32 Å². The largest absolute Gasteiger partial charge is 0.444 e. The molecule has 5 heteroatoms. The molecule has 1 aliphatic rings. The quantitative estimate of drug-likeness (QED) is 0.736. The van der Waals surface area contributed by atoms with Crippen LogP contribution in [-0.4, -0.2) is 37.2 Å². The Bertz CT molecular complexity index is 278. The van der Waals surface area contributed by atoms with E-state index in [1.54, 1.807) is 20.8 Å². The summed E-state index contributed by atoms with van der Waals surface area (Å²) in [5, 5.41) is 2.56. The van der Waals surface area contributed by atoms with Crippen LogP contribution in [0, 0.1) is 5.41 Å². The summed E-state index contributed by atoms with van der Waals surface area (Å²) in [5.74, 6) is 0. The van der Waals surface area contributed by atoms with Crippen molar-refractivity contribution in [1.29, 1.82) is 0 Å². The molecule has 1 rings (SSSR count). The highest BCUT2D eigenvalue weighted by Gasteiger charge is 2.42. The Balaban J connectivity index is 2.51. The highest BCUT2D eigenvalue weighted by molar-refractivity contribution is 5.74. The Hall–Kier alpha value is -1.10. The first-order valence-corrected chi connectivity index (χ1v) is 5.29. The molecule has 1 N–H and O–H groups in total. The van der Waals surface area contributed by atoms with Crippen LogP contribution in [0.5, 0.6) is 0 Å². The Kier molecular flexibility index (Phi) is 3.57. The van der Waals surface area contributed by atoms with Crippen LogP contribution in [0.15, 0.2) is 0 Å². The molecule has 0 saturated carbocycles. The second-order valence-electron chi connectivity index (χ2n) is 5.41. The zero-order valence-corrected chi connectivity index (χ0v) is 10.2. The lowest BCUT2D eigenvalue weighted by molar-refractivity contribution is -0.136. The molecule has 0 aliphatic carbocycles. The van der Waals surface area contributed by atoms with Crippen molar-refractivity contribution >= 4 is 12.4 Å². The Labute approximate surface area is 95.5 Å². The molecule has 92 valence electrons. The highest BCUT2D eigenvalue weighted by Crippen LogP contribution is 2.29. The van der Waals surface area contributed by atoms with Crippen LogP contribution in [0.1, 0.15) is 27.7 Å². The lowest BCUT2D eigenvalue weighted by Crippen LogP contribution is -2.57. The van der Waals surface area contributed by atoms with E-state index >= 15 is 0 Å². The zero-order chi connectivity index (χ0) is 12.4. The first-order valence-electron chi connectivity index (χ1n) is 5.29. The molecule has 1 amide bonds. The molecular weight excluding hydrogens is 210 g/mol. The summed E-state index contributed by atoms with van der Waals surface area (Å²) in [6.07, 6.45) is 0.157. The van der Waals surface area contributed by atoms with Crippen LogP contribution >= 0.6 is 0 Å². The summed E-state index contributed by atoms with van der Waals surface area (Å²) in [5.41, 5.74) is -0.868. The minimum atomic E-state index is -0.572. The fourth-order valence-electron chi connectivity index (χ4n) is 1.41. The lowest BCUT2D eigenvalue weighted by Gasteiger charge is -2.42. The van der Waals surface area contributed by atoms with E-state index in [0.717, 1.165) is 6.29 Å². The van der Waals surface area contributed by atoms with E-state index in [9.17, 15) is 9.59 Å². The van der Waals surface area contributed by atoms with Crippen molar-refractivity contribution in [1.82, 2.24) is 5.32 Å². The maximum atomic E-state index is 11.5. The van der Waals surface area contributed by atoms with Gasteiger partial charge in [0.2, 0.25) is 0 Å². The highest BCUT2D eigenvalue weighted by atomic mass is 16.6. The predicted molar refractivity (Wildman–Crippen MR) is 58.1 cm³/mol. The van der Waals surface area contributed by atoms with E-state index in [1.165, 1.54) is 0 Å². The zero-order valence-electron chi connectivity index (χ0n) is 10.2. The molecule has 1 fully saturated rings. The number of ether oxygens (including phenoxy) is 2. The van der Waals surface area contributed by atoms with Gasteiger partial charge in [-0.05, 0) is 20.8 Å². The van der Waals surface area contributed by atoms with Crippen LogP contribution in [-0.2, 0) is 14.3 Å². The van der Waals surface area contributed by atoms with Crippen molar-refractivity contribution in [2.45, 2.75) is 39.3 Å². The first kappa shape index (κ1) is 13.0. The number of carbonyl (C=O) groups excluding carboxylic acids is 2. The SMILES string of the molecule is CC(C)(C)OC(=O)NC(C=O)C1(C)COC1. The van der Waals surface area contributed by atoms with E-state index < -0.39 is 17.7 Å². The molecule has 1 heterocycles. The number of rotatable bonds is 3. The van der Waals surface area contributed by atoms with Gasteiger partial charge in [0.25, 0.3) is 0 Å². The number of nitrogens with one attached hydrogen (secondary N) is 1. The molecule has 1 unspecified atom stereocenters. The summed E-state index contributed by atoms with van der Waals surface area (Å²) in [6.45, 7) is 8.18. The molecule has 1 saturated heterocycles. The predicted octanol–water partition coefficient (Wildman–Crippen LogP) is 1.12. The molecule has 0 bridgehead atoms. The van der Waals surface area contributed by atoms with Gasteiger partial charge >= 0.3 is 6.09 Å². The fourth-order valence-corrected chi connectivity index (χ4v) is 1.41. The van der Waals surface area contributed by atoms with Gasteiger partial charge in [-0.25, -0.2) is 4.79 Å². The lowest BCUT2D eigenvalue weighted by atomic mass is 9.81. The third kappa shape index (κ3) is 3.20. The van der Waals surface area contributed by atoms with E-state index in [4.69, 9.17) is 9.47 Å². The first-order chi connectivity index (χ1) is 7.27. The smallest absolute Gasteiger partial charge is 0.408 e. The number of amides is 1. The number of aldehydes is 1. The van der Waals surface area contributed by atoms with Crippen molar-refractivity contribution in [2.75, 3.05) is 13.2 Å². The molecule has 0 spiro atoms.